The van der Waals surface area contributed by atoms with Gasteiger partial charge in [0.05, 0.1) is 11.3 Å². The first-order valence-corrected chi connectivity index (χ1v) is 9.55. The van der Waals surface area contributed by atoms with Gasteiger partial charge >= 0.3 is 0 Å². The number of rotatable bonds is 4. The normalized spacial score (nSPS) is 12.9. The van der Waals surface area contributed by atoms with Gasteiger partial charge in [0.25, 0.3) is 0 Å². The number of aromatic hydroxyl groups is 1. The van der Waals surface area contributed by atoms with E-state index in [1.807, 2.05) is 54.0 Å². The van der Waals surface area contributed by atoms with Crippen LogP contribution < -0.4 is 14.8 Å². The van der Waals surface area contributed by atoms with Gasteiger partial charge in [0.2, 0.25) is 0 Å². The highest BCUT2D eigenvalue weighted by Gasteiger charge is 2.20. The number of nitrogens with zero attached hydrogens (tertiary/aromatic N) is 3. The van der Waals surface area contributed by atoms with Crippen LogP contribution in [0.3, 0.4) is 0 Å². The van der Waals surface area contributed by atoms with Gasteiger partial charge in [-0.15, -0.1) is 0 Å². The molecule has 0 bridgehead atoms. The van der Waals surface area contributed by atoms with Gasteiger partial charge in [-0.25, -0.2) is 9.97 Å². The Kier molecular flexibility index (Phi) is 4.20. The summed E-state index contributed by atoms with van der Waals surface area (Å²) >= 11 is 0. The lowest BCUT2D eigenvalue weighted by Gasteiger charge is -2.19. The van der Waals surface area contributed by atoms with Gasteiger partial charge in [-0.1, -0.05) is 0 Å². The first-order chi connectivity index (χ1) is 14.2. The number of phenolic OH excluding ortho intramolecular Hbond substituents is 1. The van der Waals surface area contributed by atoms with E-state index in [0.717, 1.165) is 29.2 Å². The Hall–Kier alpha value is -3.74. The van der Waals surface area contributed by atoms with Crippen molar-refractivity contribution in [2.24, 2.45) is 0 Å². The monoisotopic (exact) mass is 388 g/mol. The molecule has 0 fully saturated rings. The number of hydrogen-bond donors (Lipinski definition) is 2. The smallest absolute Gasteiger partial charge is 0.164 e. The number of aromatic nitrogens is 3. The van der Waals surface area contributed by atoms with E-state index < -0.39 is 0 Å². The lowest BCUT2D eigenvalue weighted by Crippen LogP contribution is -2.15. The predicted octanol–water partition coefficient (Wildman–Crippen LogP) is 4.00. The molecule has 146 valence electrons. The van der Waals surface area contributed by atoms with Gasteiger partial charge in [-0.2, -0.15) is 0 Å². The van der Waals surface area contributed by atoms with Crippen LogP contribution in [0, 0.1) is 0 Å². The maximum atomic E-state index is 10.7. The van der Waals surface area contributed by atoms with E-state index in [-0.39, 0.29) is 5.75 Å². The van der Waals surface area contributed by atoms with Crippen molar-refractivity contribution in [3.05, 3.63) is 54.7 Å². The summed E-state index contributed by atoms with van der Waals surface area (Å²) < 4.78 is 13.3. The summed E-state index contributed by atoms with van der Waals surface area (Å²) in [6.07, 6.45) is 1.73. The highest BCUT2D eigenvalue weighted by atomic mass is 16.6. The molecule has 0 aliphatic carbocycles. The summed E-state index contributed by atoms with van der Waals surface area (Å²) in [5.41, 5.74) is 3.76. The van der Waals surface area contributed by atoms with Crippen LogP contribution in [0.5, 0.6) is 17.2 Å². The molecule has 1 aliphatic rings. The van der Waals surface area contributed by atoms with E-state index in [2.05, 4.69) is 10.3 Å². The molecule has 1 aliphatic heterocycles. The average Bonchev–Trinajstić information content (AvgIpc) is 3.13. The number of imidazole rings is 1. The molecular formula is C22H20N4O3. The second-order valence-electron chi connectivity index (χ2n) is 6.71. The van der Waals surface area contributed by atoms with Crippen molar-refractivity contribution in [1.82, 2.24) is 14.5 Å². The fraction of sp³-hybridized carbons (Fsp3) is 0.182. The van der Waals surface area contributed by atoms with Gasteiger partial charge < -0.3 is 19.9 Å². The molecule has 2 aromatic carbocycles. The molecule has 0 atom stereocenters. The topological polar surface area (TPSA) is 81.4 Å². The Morgan fingerprint density at radius 3 is 2.76 bits per heavy atom. The molecule has 4 aromatic rings. The molecule has 7 nitrogen and oxygen atoms in total. The average molecular weight is 388 g/mol. The fourth-order valence-corrected chi connectivity index (χ4v) is 3.54. The van der Waals surface area contributed by atoms with E-state index in [1.54, 1.807) is 12.3 Å². The number of phenols is 1. The van der Waals surface area contributed by atoms with Crippen LogP contribution in [0.2, 0.25) is 0 Å². The number of pyridine rings is 1. The third-order valence-corrected chi connectivity index (χ3v) is 4.82. The molecule has 2 N–H and O–H groups in total. The third kappa shape index (κ3) is 3.00. The molecule has 0 saturated heterocycles. The van der Waals surface area contributed by atoms with Crippen LogP contribution >= 0.6 is 0 Å². The van der Waals surface area contributed by atoms with E-state index in [4.69, 9.17) is 14.5 Å². The van der Waals surface area contributed by atoms with Crippen molar-refractivity contribution >= 4 is 16.9 Å². The van der Waals surface area contributed by atoms with Crippen molar-refractivity contribution < 1.29 is 14.6 Å². The summed E-state index contributed by atoms with van der Waals surface area (Å²) in [5.74, 6) is 2.16. The maximum Gasteiger partial charge on any atom is 0.164 e. The lowest BCUT2D eigenvalue weighted by atomic mass is 10.1. The Balaban J connectivity index is 1.71. The third-order valence-electron chi connectivity index (χ3n) is 4.82. The second-order valence-corrected chi connectivity index (χ2v) is 6.71. The molecule has 7 heteroatoms. The minimum atomic E-state index is 0.151. The van der Waals surface area contributed by atoms with Gasteiger partial charge in [-0.3, -0.25) is 4.57 Å². The maximum absolute atomic E-state index is 10.7. The van der Waals surface area contributed by atoms with Gasteiger partial charge in [0.1, 0.15) is 24.5 Å². The van der Waals surface area contributed by atoms with E-state index in [1.165, 1.54) is 0 Å². The number of nitrogens with one attached hydrogen (secondary N) is 1. The Morgan fingerprint density at radius 2 is 1.93 bits per heavy atom. The molecular weight excluding hydrogens is 368 g/mol. The SMILES string of the molecule is CCNc1ccc(-c2nc3cccnc3n2-c2ccc3c(c2)OCCO3)c(O)c1. The van der Waals surface area contributed by atoms with E-state index >= 15 is 0 Å². The van der Waals surface area contributed by atoms with Gasteiger partial charge in [-0.05, 0) is 43.3 Å². The minimum absolute atomic E-state index is 0.151. The van der Waals surface area contributed by atoms with Crippen LogP contribution in [0.15, 0.2) is 54.7 Å². The number of hydrogen-bond acceptors (Lipinski definition) is 6. The van der Waals surface area contributed by atoms with Crippen LogP contribution in [0.25, 0.3) is 28.2 Å². The number of anilines is 1. The molecule has 0 saturated carbocycles. The Labute approximate surface area is 167 Å². The van der Waals surface area contributed by atoms with Crippen LogP contribution in [0.1, 0.15) is 6.92 Å². The van der Waals surface area contributed by atoms with Crippen molar-refractivity contribution in [3.8, 4) is 34.3 Å². The van der Waals surface area contributed by atoms with E-state index in [0.29, 0.717) is 36.0 Å². The Bertz CT molecular complexity index is 1200. The van der Waals surface area contributed by atoms with Gasteiger partial charge in [0.15, 0.2) is 23.0 Å². The number of fused-ring (bicyclic) bond motifs is 2. The second kappa shape index (κ2) is 7.01. The molecule has 2 aromatic heterocycles. The summed E-state index contributed by atoms with van der Waals surface area (Å²) in [6, 6.07) is 15.0. The molecule has 5 rings (SSSR count). The zero-order valence-electron chi connectivity index (χ0n) is 15.9. The lowest BCUT2D eigenvalue weighted by molar-refractivity contribution is 0.171. The molecule has 29 heavy (non-hydrogen) atoms. The number of ether oxygens (including phenoxy) is 2. The first-order valence-electron chi connectivity index (χ1n) is 9.55. The summed E-state index contributed by atoms with van der Waals surface area (Å²) in [5, 5.41) is 13.9. The van der Waals surface area contributed by atoms with Crippen LogP contribution in [0.4, 0.5) is 5.69 Å². The summed E-state index contributed by atoms with van der Waals surface area (Å²) in [6.45, 7) is 3.84. The van der Waals surface area contributed by atoms with Crippen molar-refractivity contribution in [2.75, 3.05) is 25.1 Å². The molecule has 0 amide bonds. The molecule has 0 radical (unpaired) electrons. The van der Waals surface area contributed by atoms with Crippen LogP contribution in [-0.2, 0) is 0 Å². The van der Waals surface area contributed by atoms with Gasteiger partial charge in [0, 0.05) is 30.6 Å². The Morgan fingerprint density at radius 1 is 1.07 bits per heavy atom. The zero-order chi connectivity index (χ0) is 19.8. The van der Waals surface area contributed by atoms with Crippen molar-refractivity contribution in [2.45, 2.75) is 6.92 Å². The highest BCUT2D eigenvalue weighted by Crippen LogP contribution is 2.37. The predicted molar refractivity (Wildman–Crippen MR) is 111 cm³/mol. The summed E-state index contributed by atoms with van der Waals surface area (Å²) in [7, 11) is 0. The largest absolute Gasteiger partial charge is 0.507 e. The van der Waals surface area contributed by atoms with E-state index in [9.17, 15) is 5.11 Å². The van der Waals surface area contributed by atoms with Crippen molar-refractivity contribution in [1.29, 1.82) is 0 Å². The molecule has 0 spiro atoms. The quantitative estimate of drug-likeness (QED) is 0.550. The van der Waals surface area contributed by atoms with Crippen LogP contribution in [-0.4, -0.2) is 39.4 Å². The van der Waals surface area contributed by atoms with Crippen molar-refractivity contribution in [3.63, 3.8) is 0 Å². The molecule has 3 heterocycles. The fourth-order valence-electron chi connectivity index (χ4n) is 3.54. The zero-order valence-corrected chi connectivity index (χ0v) is 15.9. The highest BCUT2D eigenvalue weighted by molar-refractivity contribution is 5.82. The first kappa shape index (κ1) is 17.4. The summed E-state index contributed by atoms with van der Waals surface area (Å²) in [4.78, 5) is 9.28. The minimum Gasteiger partial charge on any atom is -0.507 e. The number of benzene rings is 2. The standard InChI is InChI=1S/C22H20N4O3/c1-2-23-14-5-7-16(18(27)12-14)21-25-17-4-3-9-24-22(17)26(21)15-6-8-19-20(13-15)29-11-10-28-19/h3-9,12-13,23,27H,2,10-11H2,1H3. The molecule has 0 unspecified atom stereocenters.